The third-order valence-electron chi connectivity index (χ3n) is 6.37. The van der Waals surface area contributed by atoms with Crippen LogP contribution in [0.5, 0.6) is 0 Å². The number of hydrogen-bond donors (Lipinski definition) is 0. The van der Waals surface area contributed by atoms with Crippen molar-refractivity contribution in [2.75, 3.05) is 11.4 Å². The van der Waals surface area contributed by atoms with Crippen LogP contribution < -0.4 is 4.90 Å². The van der Waals surface area contributed by atoms with Gasteiger partial charge in [-0.15, -0.1) is 0 Å². The van der Waals surface area contributed by atoms with E-state index in [0.717, 1.165) is 6.54 Å². The number of aryl methyl sites for hydroxylation is 1. The highest BCUT2D eigenvalue weighted by Crippen LogP contribution is 2.59. The Balaban J connectivity index is 1.83. The lowest BCUT2D eigenvalue weighted by Crippen LogP contribution is -2.51. The molecular formula is C21H25N. The van der Waals surface area contributed by atoms with E-state index in [1.165, 1.54) is 23.4 Å². The molecule has 1 aliphatic heterocycles. The molecule has 1 heteroatoms. The van der Waals surface area contributed by atoms with Gasteiger partial charge in [-0.25, -0.2) is 0 Å². The summed E-state index contributed by atoms with van der Waals surface area (Å²) in [5.74, 6) is 0. The van der Waals surface area contributed by atoms with E-state index in [1.54, 1.807) is 16.7 Å². The largest absolute Gasteiger partial charge is 0.341 e. The monoisotopic (exact) mass is 291 g/mol. The van der Waals surface area contributed by atoms with E-state index in [2.05, 4.69) is 75.9 Å². The van der Waals surface area contributed by atoms with E-state index >= 15 is 0 Å². The Labute approximate surface area is 134 Å². The molecule has 22 heavy (non-hydrogen) atoms. The number of rotatable bonds is 1. The molecule has 0 saturated carbocycles. The maximum absolute atomic E-state index is 2.48. The molecule has 0 bridgehead atoms. The minimum absolute atomic E-state index is 0.275. The summed E-state index contributed by atoms with van der Waals surface area (Å²) >= 11 is 0. The Bertz CT molecular complexity index is 750. The summed E-state index contributed by atoms with van der Waals surface area (Å²) in [5, 5.41) is 0. The minimum atomic E-state index is 0.275. The van der Waals surface area contributed by atoms with Crippen LogP contribution in [0.3, 0.4) is 0 Å². The minimum Gasteiger partial charge on any atom is -0.341 e. The molecule has 0 fully saturated rings. The quantitative estimate of drug-likeness (QED) is 0.693. The molecule has 1 heterocycles. The summed E-state index contributed by atoms with van der Waals surface area (Å²) in [7, 11) is 0. The van der Waals surface area contributed by atoms with E-state index in [0.29, 0.717) is 0 Å². The Kier molecular flexibility index (Phi) is 2.62. The first-order chi connectivity index (χ1) is 10.3. The second-order valence-corrected chi connectivity index (χ2v) is 7.97. The standard InChI is InChI=1S/C21H25N/c1-14-6-8-15(9-7-14)22-13-12-16-18(22)11-10-17-19(16)21(4,5)20(17,2)3/h6-11H,12-13H2,1-5H3. The van der Waals surface area contributed by atoms with Crippen molar-refractivity contribution in [2.24, 2.45) is 0 Å². The van der Waals surface area contributed by atoms with Gasteiger partial charge in [-0.2, -0.15) is 0 Å². The molecule has 0 spiro atoms. The average Bonchev–Trinajstić information content (AvgIpc) is 2.90. The van der Waals surface area contributed by atoms with Crippen molar-refractivity contribution >= 4 is 11.4 Å². The maximum atomic E-state index is 2.48. The highest BCUT2D eigenvalue weighted by molar-refractivity contribution is 5.75. The van der Waals surface area contributed by atoms with Gasteiger partial charge in [0.05, 0.1) is 0 Å². The molecule has 0 unspecified atom stereocenters. The third kappa shape index (κ3) is 1.54. The van der Waals surface area contributed by atoms with Crippen molar-refractivity contribution < 1.29 is 0 Å². The topological polar surface area (TPSA) is 3.24 Å². The van der Waals surface area contributed by atoms with Crippen molar-refractivity contribution in [3.05, 3.63) is 58.7 Å². The molecule has 0 atom stereocenters. The second-order valence-electron chi connectivity index (χ2n) is 7.97. The molecule has 1 aliphatic carbocycles. The molecule has 1 nitrogen and oxygen atoms in total. The number of fused-ring (bicyclic) bond motifs is 3. The molecule has 0 N–H and O–H groups in total. The highest BCUT2D eigenvalue weighted by Gasteiger charge is 2.53. The molecule has 114 valence electrons. The van der Waals surface area contributed by atoms with Crippen LogP contribution in [0.2, 0.25) is 0 Å². The Morgan fingerprint density at radius 2 is 1.55 bits per heavy atom. The predicted octanol–water partition coefficient (Wildman–Crippen LogP) is 5.26. The van der Waals surface area contributed by atoms with Crippen molar-refractivity contribution in [1.82, 2.24) is 0 Å². The molecule has 0 radical (unpaired) electrons. The van der Waals surface area contributed by atoms with Gasteiger partial charge < -0.3 is 4.90 Å². The summed E-state index contributed by atoms with van der Waals surface area (Å²) in [6, 6.07) is 13.6. The number of benzene rings is 2. The second kappa shape index (κ2) is 4.16. The van der Waals surface area contributed by atoms with Crippen LogP contribution in [-0.2, 0) is 17.3 Å². The van der Waals surface area contributed by atoms with Crippen molar-refractivity contribution in [3.8, 4) is 0 Å². The number of nitrogens with zero attached hydrogens (tertiary/aromatic N) is 1. The van der Waals surface area contributed by atoms with Crippen LogP contribution in [0.4, 0.5) is 11.4 Å². The van der Waals surface area contributed by atoms with Gasteiger partial charge in [0.2, 0.25) is 0 Å². The van der Waals surface area contributed by atoms with Gasteiger partial charge >= 0.3 is 0 Å². The molecule has 0 saturated heterocycles. The Morgan fingerprint density at radius 3 is 2.23 bits per heavy atom. The third-order valence-corrected chi connectivity index (χ3v) is 6.37. The normalized spacial score (nSPS) is 20.3. The van der Waals surface area contributed by atoms with Crippen LogP contribution in [0.25, 0.3) is 0 Å². The summed E-state index contributed by atoms with van der Waals surface area (Å²) in [5.41, 5.74) is 9.38. The Morgan fingerprint density at radius 1 is 0.864 bits per heavy atom. The smallest absolute Gasteiger partial charge is 0.0447 e. The first-order valence-corrected chi connectivity index (χ1v) is 8.35. The summed E-state index contributed by atoms with van der Waals surface area (Å²) < 4.78 is 0. The van der Waals surface area contributed by atoms with Gasteiger partial charge in [-0.3, -0.25) is 0 Å². The zero-order chi connectivity index (χ0) is 15.7. The van der Waals surface area contributed by atoms with Crippen molar-refractivity contribution in [2.45, 2.75) is 51.9 Å². The van der Waals surface area contributed by atoms with Gasteiger partial charge in [0, 0.05) is 17.9 Å². The van der Waals surface area contributed by atoms with Crippen molar-refractivity contribution in [1.29, 1.82) is 0 Å². The van der Waals surface area contributed by atoms with E-state index in [9.17, 15) is 0 Å². The van der Waals surface area contributed by atoms with E-state index in [1.807, 2.05) is 0 Å². The lowest BCUT2D eigenvalue weighted by molar-refractivity contribution is 0.240. The van der Waals surface area contributed by atoms with E-state index in [4.69, 9.17) is 0 Å². The van der Waals surface area contributed by atoms with Crippen LogP contribution in [0.1, 0.15) is 49.9 Å². The van der Waals surface area contributed by atoms with Crippen LogP contribution in [0, 0.1) is 6.92 Å². The van der Waals surface area contributed by atoms with E-state index in [-0.39, 0.29) is 10.8 Å². The molecule has 0 aromatic heterocycles. The first kappa shape index (κ1) is 13.9. The zero-order valence-corrected chi connectivity index (χ0v) is 14.3. The van der Waals surface area contributed by atoms with Gasteiger partial charge in [-0.05, 0) is 59.1 Å². The summed E-state index contributed by atoms with van der Waals surface area (Å²) in [4.78, 5) is 2.48. The maximum Gasteiger partial charge on any atom is 0.0447 e. The molecule has 2 aliphatic rings. The first-order valence-electron chi connectivity index (χ1n) is 8.35. The SMILES string of the molecule is Cc1ccc(N2CCc3c2ccc2c3C(C)(C)C2(C)C)cc1. The molecule has 2 aromatic rings. The fraction of sp³-hybridized carbons (Fsp3) is 0.429. The van der Waals surface area contributed by atoms with Gasteiger partial charge in [0.1, 0.15) is 0 Å². The summed E-state index contributed by atoms with van der Waals surface area (Å²) in [6.45, 7) is 12.8. The van der Waals surface area contributed by atoms with Crippen LogP contribution >= 0.6 is 0 Å². The molecule has 0 amide bonds. The lowest BCUT2D eigenvalue weighted by atomic mass is 9.48. The Hall–Kier alpha value is -1.76. The lowest BCUT2D eigenvalue weighted by Gasteiger charge is -2.55. The highest BCUT2D eigenvalue weighted by atomic mass is 15.2. The summed E-state index contributed by atoms with van der Waals surface area (Å²) in [6.07, 6.45) is 1.17. The number of anilines is 2. The average molecular weight is 291 g/mol. The zero-order valence-electron chi connectivity index (χ0n) is 14.3. The molecule has 2 aromatic carbocycles. The van der Waals surface area contributed by atoms with Gasteiger partial charge in [0.15, 0.2) is 0 Å². The molecule has 4 rings (SSSR count). The van der Waals surface area contributed by atoms with E-state index < -0.39 is 0 Å². The van der Waals surface area contributed by atoms with Gasteiger partial charge in [-0.1, -0.05) is 51.5 Å². The predicted molar refractivity (Wildman–Crippen MR) is 94.4 cm³/mol. The van der Waals surface area contributed by atoms with Crippen LogP contribution in [-0.4, -0.2) is 6.54 Å². The van der Waals surface area contributed by atoms with Crippen LogP contribution in [0.15, 0.2) is 36.4 Å². The van der Waals surface area contributed by atoms with Gasteiger partial charge in [0.25, 0.3) is 0 Å². The molecular weight excluding hydrogens is 266 g/mol. The van der Waals surface area contributed by atoms with Crippen molar-refractivity contribution in [3.63, 3.8) is 0 Å². The fourth-order valence-electron chi connectivity index (χ4n) is 4.30. The number of hydrogen-bond acceptors (Lipinski definition) is 1. The fourth-order valence-corrected chi connectivity index (χ4v) is 4.30.